The van der Waals surface area contributed by atoms with Gasteiger partial charge >= 0.3 is 6.18 Å². The molecule has 3 heterocycles. The Balaban J connectivity index is 1.73. The van der Waals surface area contributed by atoms with Crippen LogP contribution in [0, 0.1) is 24.2 Å². The number of nitriles is 1. The van der Waals surface area contributed by atoms with Gasteiger partial charge in [-0.3, -0.25) is 9.20 Å². The predicted octanol–water partition coefficient (Wildman–Crippen LogP) is 2.30. The van der Waals surface area contributed by atoms with E-state index in [1.807, 2.05) is 6.92 Å². The van der Waals surface area contributed by atoms with Crippen LogP contribution in [-0.4, -0.2) is 30.9 Å². The van der Waals surface area contributed by atoms with Gasteiger partial charge in [0, 0.05) is 35.2 Å². The molecule has 28 heavy (non-hydrogen) atoms. The van der Waals surface area contributed by atoms with Crippen LogP contribution in [0.15, 0.2) is 16.9 Å². The van der Waals surface area contributed by atoms with Gasteiger partial charge in [0.2, 0.25) is 0 Å². The maximum Gasteiger partial charge on any atom is 0.435 e. The summed E-state index contributed by atoms with van der Waals surface area (Å²) in [4.78, 5) is 18.4. The number of fused-ring (bicyclic) bond motifs is 1. The number of alkyl halides is 3. The van der Waals surface area contributed by atoms with Crippen LogP contribution in [0.25, 0.3) is 4.96 Å². The van der Waals surface area contributed by atoms with Crippen molar-refractivity contribution in [2.24, 2.45) is 5.92 Å². The molecule has 0 radical (unpaired) electrons. The van der Waals surface area contributed by atoms with E-state index in [1.165, 1.54) is 21.8 Å². The zero-order valence-corrected chi connectivity index (χ0v) is 15.4. The fourth-order valence-electron chi connectivity index (χ4n) is 3.35. The Morgan fingerprint density at radius 1 is 1.43 bits per heavy atom. The van der Waals surface area contributed by atoms with Gasteiger partial charge in [0.1, 0.15) is 11.8 Å². The third-order valence-corrected chi connectivity index (χ3v) is 5.76. The number of aliphatic hydroxyl groups is 1. The van der Waals surface area contributed by atoms with E-state index in [0.717, 1.165) is 21.7 Å². The monoisotopic (exact) mass is 409 g/mol. The molecule has 0 saturated heterocycles. The highest BCUT2D eigenvalue weighted by atomic mass is 32.1. The molecule has 1 saturated carbocycles. The molecule has 2 unspecified atom stereocenters. The minimum absolute atomic E-state index is 0.0550. The molecule has 146 valence electrons. The number of nitrogens with zero attached hydrogens (tertiary/aromatic N) is 5. The van der Waals surface area contributed by atoms with Gasteiger partial charge in [-0.25, -0.2) is 9.67 Å². The van der Waals surface area contributed by atoms with Gasteiger partial charge in [0.25, 0.3) is 5.56 Å². The van der Waals surface area contributed by atoms with E-state index in [-0.39, 0.29) is 41.9 Å². The zero-order valence-electron chi connectivity index (χ0n) is 14.6. The Labute approximate surface area is 160 Å². The fraction of sp³-hybridized carbons (Fsp3) is 0.412. The number of hydrogen-bond donors (Lipinski definition) is 1. The van der Waals surface area contributed by atoms with Crippen LogP contribution in [0.1, 0.15) is 40.0 Å². The SMILES string of the molecule is Cc1sc2nc(Cn3nc(C(F)(F)F)cc3C#N)cc(=O)n2c1C1CC1CO. The molecular formula is C17H14F3N5O2S. The summed E-state index contributed by atoms with van der Waals surface area (Å²) in [6, 6.07) is 3.59. The van der Waals surface area contributed by atoms with Crippen LogP contribution in [-0.2, 0) is 12.7 Å². The summed E-state index contributed by atoms with van der Waals surface area (Å²) >= 11 is 1.31. The first-order valence-corrected chi connectivity index (χ1v) is 9.22. The zero-order chi connectivity index (χ0) is 20.2. The van der Waals surface area contributed by atoms with Gasteiger partial charge in [0.15, 0.2) is 10.7 Å². The second-order valence-electron chi connectivity index (χ2n) is 6.71. The van der Waals surface area contributed by atoms with Gasteiger partial charge in [-0.1, -0.05) is 0 Å². The largest absolute Gasteiger partial charge is 0.435 e. The Hall–Kier alpha value is -2.71. The van der Waals surface area contributed by atoms with Gasteiger partial charge in [0.05, 0.1) is 12.2 Å². The number of halogens is 3. The van der Waals surface area contributed by atoms with E-state index in [9.17, 15) is 23.1 Å². The highest BCUT2D eigenvalue weighted by Gasteiger charge is 2.41. The molecule has 7 nitrogen and oxygen atoms in total. The minimum Gasteiger partial charge on any atom is -0.396 e. The average molecular weight is 409 g/mol. The molecule has 0 spiro atoms. The van der Waals surface area contributed by atoms with Crippen LogP contribution < -0.4 is 5.56 Å². The number of thiazole rings is 1. The van der Waals surface area contributed by atoms with Crippen molar-refractivity contribution in [3.05, 3.63) is 50.1 Å². The van der Waals surface area contributed by atoms with E-state index in [0.29, 0.717) is 11.0 Å². The van der Waals surface area contributed by atoms with E-state index < -0.39 is 11.9 Å². The lowest BCUT2D eigenvalue weighted by Gasteiger charge is -2.05. The van der Waals surface area contributed by atoms with Crippen molar-refractivity contribution in [3.63, 3.8) is 0 Å². The van der Waals surface area contributed by atoms with Crippen molar-refractivity contribution in [2.45, 2.75) is 32.0 Å². The topological polar surface area (TPSA) is 96.2 Å². The maximum absolute atomic E-state index is 12.8. The highest BCUT2D eigenvalue weighted by molar-refractivity contribution is 7.17. The van der Waals surface area contributed by atoms with E-state index in [4.69, 9.17) is 5.26 Å². The van der Waals surface area contributed by atoms with E-state index in [2.05, 4.69) is 10.1 Å². The molecule has 0 aliphatic heterocycles. The molecule has 3 aromatic heterocycles. The Kier molecular flexibility index (Phi) is 4.28. The van der Waals surface area contributed by atoms with Gasteiger partial charge in [-0.2, -0.15) is 23.5 Å². The molecule has 2 atom stereocenters. The fourth-order valence-corrected chi connectivity index (χ4v) is 4.42. The average Bonchev–Trinajstić information content (AvgIpc) is 3.14. The summed E-state index contributed by atoms with van der Waals surface area (Å²) in [5.41, 5.74) is -0.717. The summed E-state index contributed by atoms with van der Waals surface area (Å²) in [6.45, 7) is 1.70. The number of aliphatic hydroxyl groups excluding tert-OH is 1. The van der Waals surface area contributed by atoms with Gasteiger partial charge < -0.3 is 5.11 Å². The van der Waals surface area contributed by atoms with Crippen molar-refractivity contribution in [1.82, 2.24) is 19.2 Å². The summed E-state index contributed by atoms with van der Waals surface area (Å²) in [5.74, 6) is 0.237. The molecule has 1 aliphatic carbocycles. The quantitative estimate of drug-likeness (QED) is 0.713. The summed E-state index contributed by atoms with van der Waals surface area (Å²) < 4.78 is 40.9. The Morgan fingerprint density at radius 3 is 2.79 bits per heavy atom. The van der Waals surface area contributed by atoms with E-state index >= 15 is 0 Å². The molecule has 4 rings (SSSR count). The lowest BCUT2D eigenvalue weighted by atomic mass is 10.2. The standard InChI is InChI=1S/C17H14F3N5O2S/c1-8-15(12-2-9(12)7-26)25-14(27)3-10(22-16(25)28-8)6-24-11(5-21)4-13(23-24)17(18,19)20/h3-4,9,12,26H,2,6-7H2,1H3. The van der Waals surface area contributed by atoms with E-state index in [1.54, 1.807) is 6.07 Å². The van der Waals surface area contributed by atoms with Crippen molar-refractivity contribution >= 4 is 16.3 Å². The second kappa shape index (κ2) is 6.42. The molecule has 1 fully saturated rings. The molecule has 0 amide bonds. The van der Waals surface area contributed by atoms with Crippen LogP contribution in [0.3, 0.4) is 0 Å². The molecular weight excluding hydrogens is 395 g/mol. The Morgan fingerprint density at radius 2 is 2.18 bits per heavy atom. The molecule has 0 aromatic carbocycles. The maximum atomic E-state index is 12.8. The van der Waals surface area contributed by atoms with Crippen molar-refractivity contribution in [2.75, 3.05) is 6.61 Å². The number of aromatic nitrogens is 4. The Bertz CT molecular complexity index is 1170. The summed E-state index contributed by atoms with van der Waals surface area (Å²) in [7, 11) is 0. The minimum atomic E-state index is -4.67. The first kappa shape index (κ1) is 18.6. The molecule has 1 aliphatic rings. The van der Waals surface area contributed by atoms with Crippen LogP contribution in [0.2, 0.25) is 0 Å². The van der Waals surface area contributed by atoms with Crippen molar-refractivity contribution in [3.8, 4) is 6.07 Å². The highest BCUT2D eigenvalue weighted by Crippen LogP contribution is 2.49. The lowest BCUT2D eigenvalue weighted by molar-refractivity contribution is -0.141. The smallest absolute Gasteiger partial charge is 0.396 e. The third-order valence-electron chi connectivity index (χ3n) is 4.79. The van der Waals surface area contributed by atoms with Crippen molar-refractivity contribution < 1.29 is 18.3 Å². The third kappa shape index (κ3) is 3.08. The first-order valence-electron chi connectivity index (χ1n) is 8.41. The predicted molar refractivity (Wildman–Crippen MR) is 93.1 cm³/mol. The molecule has 0 bridgehead atoms. The normalized spacial score (nSPS) is 19.1. The van der Waals surface area contributed by atoms with Gasteiger partial charge in [-0.15, -0.1) is 11.3 Å². The van der Waals surface area contributed by atoms with Crippen molar-refractivity contribution in [1.29, 1.82) is 5.26 Å². The van der Waals surface area contributed by atoms with Crippen LogP contribution >= 0.6 is 11.3 Å². The first-order chi connectivity index (χ1) is 13.2. The molecule has 11 heteroatoms. The number of aryl methyl sites for hydroxylation is 1. The second-order valence-corrected chi connectivity index (χ2v) is 7.90. The number of rotatable bonds is 4. The van der Waals surface area contributed by atoms with Crippen LogP contribution in [0.5, 0.6) is 0 Å². The van der Waals surface area contributed by atoms with Crippen LogP contribution in [0.4, 0.5) is 13.2 Å². The molecule has 3 aromatic rings. The summed E-state index contributed by atoms with van der Waals surface area (Å²) in [6.07, 6.45) is -3.86. The molecule has 1 N–H and O–H groups in total. The van der Waals surface area contributed by atoms with Gasteiger partial charge in [-0.05, 0) is 19.3 Å². The number of hydrogen-bond acceptors (Lipinski definition) is 6. The summed E-state index contributed by atoms with van der Waals surface area (Å²) in [5, 5.41) is 21.8. The lowest BCUT2D eigenvalue weighted by Crippen LogP contribution is -2.18.